The third-order valence-electron chi connectivity index (χ3n) is 4.62. The van der Waals surface area contributed by atoms with Gasteiger partial charge in [0, 0.05) is 25.0 Å². The number of esters is 1. The average molecular weight is 415 g/mol. The van der Waals surface area contributed by atoms with Gasteiger partial charge in [-0.1, -0.05) is 36.4 Å². The molecule has 1 amide bonds. The first kappa shape index (κ1) is 23.2. The molecule has 0 radical (unpaired) electrons. The third-order valence-corrected chi connectivity index (χ3v) is 4.62. The molecule has 162 valence electrons. The molecule has 7 heteroatoms. The maximum Gasteiger partial charge on any atom is 0.329 e. The lowest BCUT2D eigenvalue weighted by atomic mass is 9.94. The molecule has 0 aliphatic heterocycles. The van der Waals surface area contributed by atoms with E-state index in [1.807, 2.05) is 30.3 Å². The molecule has 0 fully saturated rings. The molecular formula is C23H29NO6. The lowest BCUT2D eigenvalue weighted by Gasteiger charge is -2.23. The van der Waals surface area contributed by atoms with E-state index in [4.69, 9.17) is 4.74 Å². The summed E-state index contributed by atoms with van der Waals surface area (Å²) in [6.45, 7) is 3.25. The normalized spacial score (nSPS) is 12.9. The second kappa shape index (κ2) is 11.2. The third kappa shape index (κ3) is 7.08. The van der Waals surface area contributed by atoms with Crippen LogP contribution in [-0.4, -0.2) is 45.9 Å². The van der Waals surface area contributed by atoms with Crippen molar-refractivity contribution in [1.82, 2.24) is 5.32 Å². The minimum Gasteiger partial charge on any atom is -0.508 e. The Balaban J connectivity index is 2.17. The van der Waals surface area contributed by atoms with Crippen molar-refractivity contribution >= 4 is 11.9 Å². The first-order chi connectivity index (χ1) is 14.3. The number of aromatic hydroxyl groups is 2. The SMILES string of the molecule is CC(C)OC(=O)[C@H](Cc1ccccc1)NC(=O)C(CCO)Cc1ccc(O)cc1O. The van der Waals surface area contributed by atoms with Crippen molar-refractivity contribution in [2.75, 3.05) is 6.61 Å². The van der Waals surface area contributed by atoms with Gasteiger partial charge in [0.2, 0.25) is 5.91 Å². The van der Waals surface area contributed by atoms with Crippen LogP contribution in [0.15, 0.2) is 48.5 Å². The van der Waals surface area contributed by atoms with Gasteiger partial charge in [-0.15, -0.1) is 0 Å². The minimum absolute atomic E-state index is 0.0845. The van der Waals surface area contributed by atoms with Crippen molar-refractivity contribution in [2.45, 2.75) is 45.3 Å². The quantitative estimate of drug-likeness (QED) is 0.443. The van der Waals surface area contributed by atoms with Crippen LogP contribution in [0.3, 0.4) is 0 Å². The summed E-state index contributed by atoms with van der Waals surface area (Å²) >= 11 is 0. The van der Waals surface area contributed by atoms with Crippen LogP contribution < -0.4 is 5.32 Å². The van der Waals surface area contributed by atoms with Gasteiger partial charge in [-0.25, -0.2) is 4.79 Å². The summed E-state index contributed by atoms with van der Waals surface area (Å²) in [4.78, 5) is 25.5. The summed E-state index contributed by atoms with van der Waals surface area (Å²) in [6, 6.07) is 12.6. The molecule has 0 heterocycles. The zero-order chi connectivity index (χ0) is 22.1. The van der Waals surface area contributed by atoms with E-state index in [2.05, 4.69) is 5.32 Å². The van der Waals surface area contributed by atoms with Crippen molar-refractivity contribution in [3.63, 3.8) is 0 Å². The average Bonchev–Trinajstić information content (AvgIpc) is 2.69. The molecule has 2 atom stereocenters. The first-order valence-electron chi connectivity index (χ1n) is 9.96. The van der Waals surface area contributed by atoms with E-state index in [0.29, 0.717) is 5.56 Å². The molecule has 0 aromatic heterocycles. The lowest BCUT2D eigenvalue weighted by Crippen LogP contribution is -2.46. The summed E-state index contributed by atoms with van der Waals surface area (Å²) in [6.07, 6.45) is 0.253. The van der Waals surface area contributed by atoms with Gasteiger partial charge in [0.05, 0.1) is 6.10 Å². The highest BCUT2D eigenvalue weighted by Crippen LogP contribution is 2.26. The molecule has 0 saturated carbocycles. The number of amides is 1. The van der Waals surface area contributed by atoms with Crippen LogP contribution in [0.25, 0.3) is 0 Å². The Kier molecular flexibility index (Phi) is 8.68. The summed E-state index contributed by atoms with van der Waals surface area (Å²) in [5, 5.41) is 31.6. The van der Waals surface area contributed by atoms with E-state index in [-0.39, 0.29) is 43.5 Å². The van der Waals surface area contributed by atoms with E-state index in [1.165, 1.54) is 18.2 Å². The van der Waals surface area contributed by atoms with E-state index in [1.54, 1.807) is 13.8 Å². The Morgan fingerprint density at radius 3 is 2.33 bits per heavy atom. The molecule has 2 rings (SSSR count). The van der Waals surface area contributed by atoms with Gasteiger partial charge < -0.3 is 25.4 Å². The smallest absolute Gasteiger partial charge is 0.329 e. The Morgan fingerprint density at radius 1 is 1.03 bits per heavy atom. The molecule has 4 N–H and O–H groups in total. The highest BCUT2D eigenvalue weighted by atomic mass is 16.5. The van der Waals surface area contributed by atoms with Gasteiger partial charge >= 0.3 is 5.97 Å². The van der Waals surface area contributed by atoms with Crippen molar-refractivity contribution in [3.8, 4) is 11.5 Å². The Hall–Kier alpha value is -3.06. The fourth-order valence-corrected chi connectivity index (χ4v) is 3.12. The first-order valence-corrected chi connectivity index (χ1v) is 9.96. The Labute approximate surface area is 176 Å². The molecule has 7 nitrogen and oxygen atoms in total. The van der Waals surface area contributed by atoms with E-state index in [9.17, 15) is 24.9 Å². The lowest BCUT2D eigenvalue weighted by molar-refractivity contribution is -0.151. The van der Waals surface area contributed by atoms with Crippen LogP contribution in [-0.2, 0) is 27.2 Å². The zero-order valence-corrected chi connectivity index (χ0v) is 17.2. The fraction of sp³-hybridized carbons (Fsp3) is 0.391. The number of nitrogens with one attached hydrogen (secondary N) is 1. The number of carbonyl (C=O) groups excluding carboxylic acids is 2. The standard InChI is InChI=1S/C23H29NO6/c1-15(2)30-23(29)20(12-16-6-4-3-5-7-16)24-22(28)18(10-11-25)13-17-8-9-19(26)14-21(17)27/h3-9,14-15,18,20,25-27H,10-13H2,1-2H3,(H,24,28)/t18?,20-/m0/s1. The Bertz CT molecular complexity index is 837. The number of hydrogen-bond donors (Lipinski definition) is 4. The monoisotopic (exact) mass is 415 g/mol. The van der Waals surface area contributed by atoms with Crippen molar-refractivity contribution in [2.24, 2.45) is 5.92 Å². The van der Waals surface area contributed by atoms with Crippen LogP contribution in [0.4, 0.5) is 0 Å². The number of phenols is 2. The molecule has 2 aromatic rings. The van der Waals surface area contributed by atoms with E-state index >= 15 is 0 Å². The van der Waals surface area contributed by atoms with Gasteiger partial charge in [0.15, 0.2) is 0 Å². The second-order valence-corrected chi connectivity index (χ2v) is 7.46. The number of ether oxygens (including phenoxy) is 1. The highest BCUT2D eigenvalue weighted by Gasteiger charge is 2.28. The molecule has 0 aliphatic carbocycles. The number of carbonyl (C=O) groups is 2. The number of aliphatic hydroxyl groups excluding tert-OH is 1. The van der Waals surface area contributed by atoms with Crippen molar-refractivity contribution in [3.05, 3.63) is 59.7 Å². The Morgan fingerprint density at radius 2 is 1.73 bits per heavy atom. The van der Waals surface area contributed by atoms with Crippen LogP contribution in [0.2, 0.25) is 0 Å². The number of phenolic OH excluding ortho intramolecular Hbond substituents is 2. The van der Waals surface area contributed by atoms with Crippen LogP contribution in [0.5, 0.6) is 11.5 Å². The molecule has 2 aromatic carbocycles. The number of benzene rings is 2. The topological polar surface area (TPSA) is 116 Å². The van der Waals surface area contributed by atoms with Gasteiger partial charge in [-0.05, 0) is 43.9 Å². The summed E-state index contributed by atoms with van der Waals surface area (Å²) < 4.78 is 5.30. The van der Waals surface area contributed by atoms with Gasteiger partial charge in [0.1, 0.15) is 17.5 Å². The largest absolute Gasteiger partial charge is 0.508 e. The predicted molar refractivity (Wildman–Crippen MR) is 112 cm³/mol. The summed E-state index contributed by atoms with van der Waals surface area (Å²) in [7, 11) is 0. The number of hydrogen-bond acceptors (Lipinski definition) is 6. The number of rotatable bonds is 10. The van der Waals surface area contributed by atoms with Crippen LogP contribution >= 0.6 is 0 Å². The maximum atomic E-state index is 12.9. The summed E-state index contributed by atoms with van der Waals surface area (Å²) in [5.41, 5.74) is 1.34. The molecule has 1 unspecified atom stereocenters. The maximum absolute atomic E-state index is 12.9. The fourth-order valence-electron chi connectivity index (χ4n) is 3.12. The van der Waals surface area contributed by atoms with Gasteiger partial charge in [-0.2, -0.15) is 0 Å². The molecular weight excluding hydrogens is 386 g/mol. The van der Waals surface area contributed by atoms with E-state index < -0.39 is 23.8 Å². The zero-order valence-electron chi connectivity index (χ0n) is 17.2. The van der Waals surface area contributed by atoms with Gasteiger partial charge in [-0.3, -0.25) is 4.79 Å². The summed E-state index contributed by atoms with van der Waals surface area (Å²) in [5.74, 6) is -1.84. The molecule has 0 bridgehead atoms. The van der Waals surface area contributed by atoms with Crippen molar-refractivity contribution in [1.29, 1.82) is 0 Å². The van der Waals surface area contributed by atoms with Crippen LogP contribution in [0.1, 0.15) is 31.4 Å². The molecule has 0 spiro atoms. The number of aliphatic hydroxyl groups is 1. The molecule has 30 heavy (non-hydrogen) atoms. The van der Waals surface area contributed by atoms with E-state index in [0.717, 1.165) is 5.56 Å². The highest BCUT2D eigenvalue weighted by molar-refractivity contribution is 5.86. The predicted octanol–water partition coefficient (Wildman–Crippen LogP) is 2.32. The van der Waals surface area contributed by atoms with Crippen molar-refractivity contribution < 1.29 is 29.6 Å². The van der Waals surface area contributed by atoms with Crippen LogP contribution in [0, 0.1) is 5.92 Å². The molecule has 0 aliphatic rings. The molecule has 0 saturated heterocycles. The van der Waals surface area contributed by atoms with Gasteiger partial charge in [0.25, 0.3) is 0 Å². The second-order valence-electron chi connectivity index (χ2n) is 7.46. The minimum atomic E-state index is -0.878.